The lowest BCUT2D eigenvalue weighted by Gasteiger charge is -2.35. The number of carbonyl (C=O) groups excluding carboxylic acids is 1. The molecule has 4 aromatic carbocycles. The first-order valence-corrected chi connectivity index (χ1v) is 11.2. The summed E-state index contributed by atoms with van der Waals surface area (Å²) in [6.07, 6.45) is 1.17. The largest absolute Gasteiger partial charge is 0.356 e. The van der Waals surface area contributed by atoms with Crippen LogP contribution in [0.1, 0.15) is 34.2 Å². The van der Waals surface area contributed by atoms with Crippen molar-refractivity contribution in [3.63, 3.8) is 0 Å². The third-order valence-electron chi connectivity index (χ3n) is 6.08. The lowest BCUT2D eigenvalue weighted by Crippen LogP contribution is -2.37. The lowest BCUT2D eigenvalue weighted by atomic mass is 9.67. The first kappa shape index (κ1) is 21.6. The van der Waals surface area contributed by atoms with Crippen LogP contribution in [0.4, 0.5) is 0 Å². The van der Waals surface area contributed by atoms with E-state index in [0.717, 1.165) is 23.1 Å². The van der Waals surface area contributed by atoms with Crippen LogP contribution in [0.25, 0.3) is 0 Å². The zero-order valence-corrected chi connectivity index (χ0v) is 18.5. The van der Waals surface area contributed by atoms with Gasteiger partial charge in [-0.3, -0.25) is 4.79 Å². The van der Waals surface area contributed by atoms with Gasteiger partial charge in [-0.25, -0.2) is 0 Å². The molecule has 32 heavy (non-hydrogen) atoms. The second-order valence-electron chi connectivity index (χ2n) is 8.27. The highest BCUT2D eigenvalue weighted by Gasteiger charge is 2.38. The van der Waals surface area contributed by atoms with Crippen molar-refractivity contribution < 1.29 is 4.79 Å². The number of amides is 1. The van der Waals surface area contributed by atoms with Crippen molar-refractivity contribution in [2.24, 2.45) is 0 Å². The molecule has 2 heteroatoms. The number of hydrogen-bond donors (Lipinski definition) is 1. The van der Waals surface area contributed by atoms with E-state index in [0.29, 0.717) is 13.0 Å². The molecule has 0 atom stereocenters. The third kappa shape index (κ3) is 4.81. The molecule has 0 aliphatic carbocycles. The van der Waals surface area contributed by atoms with Crippen LogP contribution in [0.15, 0.2) is 115 Å². The van der Waals surface area contributed by atoms with Gasteiger partial charge >= 0.3 is 0 Å². The van der Waals surface area contributed by atoms with Gasteiger partial charge in [0.25, 0.3) is 0 Å². The summed E-state index contributed by atoms with van der Waals surface area (Å²) in [5.41, 5.74) is 5.27. The molecular formula is C30H29NO. The zero-order chi connectivity index (χ0) is 22.2. The Labute approximate surface area is 191 Å². The first-order chi connectivity index (χ1) is 15.7. The summed E-state index contributed by atoms with van der Waals surface area (Å²) in [5.74, 6) is 0.0497. The zero-order valence-electron chi connectivity index (χ0n) is 18.5. The second-order valence-corrected chi connectivity index (χ2v) is 8.27. The Hall–Kier alpha value is -3.65. The maximum atomic E-state index is 13.3. The molecule has 0 aromatic heterocycles. The van der Waals surface area contributed by atoms with Gasteiger partial charge in [-0.1, -0.05) is 121 Å². The van der Waals surface area contributed by atoms with Gasteiger partial charge in [-0.2, -0.15) is 0 Å². The number of aryl methyl sites for hydroxylation is 1. The number of hydrogen-bond acceptors (Lipinski definition) is 1. The van der Waals surface area contributed by atoms with Crippen molar-refractivity contribution in [3.05, 3.63) is 143 Å². The van der Waals surface area contributed by atoms with Crippen LogP contribution in [0.2, 0.25) is 0 Å². The fourth-order valence-corrected chi connectivity index (χ4v) is 4.38. The highest BCUT2D eigenvalue weighted by atomic mass is 16.1. The van der Waals surface area contributed by atoms with Gasteiger partial charge in [-0.15, -0.1) is 0 Å². The number of nitrogens with one attached hydrogen (secondary N) is 1. The van der Waals surface area contributed by atoms with E-state index in [1.807, 2.05) is 54.6 Å². The number of benzene rings is 4. The van der Waals surface area contributed by atoms with Crippen molar-refractivity contribution in [2.45, 2.75) is 25.2 Å². The average Bonchev–Trinajstić information content (AvgIpc) is 2.85. The lowest BCUT2D eigenvalue weighted by molar-refractivity contribution is -0.121. The SMILES string of the molecule is Cc1ccc(CCNC(=O)CC(c2ccccc2)(c2ccccc2)c2ccccc2)cc1. The summed E-state index contributed by atoms with van der Waals surface area (Å²) in [6.45, 7) is 2.71. The highest BCUT2D eigenvalue weighted by Crippen LogP contribution is 2.42. The minimum Gasteiger partial charge on any atom is -0.356 e. The number of carbonyl (C=O) groups is 1. The van der Waals surface area contributed by atoms with Crippen LogP contribution >= 0.6 is 0 Å². The van der Waals surface area contributed by atoms with Crippen molar-refractivity contribution >= 4 is 5.91 Å². The molecule has 0 radical (unpaired) electrons. The molecule has 0 saturated heterocycles. The molecule has 4 rings (SSSR count). The van der Waals surface area contributed by atoms with E-state index in [2.05, 4.69) is 72.9 Å². The van der Waals surface area contributed by atoms with E-state index in [9.17, 15) is 4.79 Å². The van der Waals surface area contributed by atoms with Gasteiger partial charge in [-0.05, 0) is 35.6 Å². The van der Waals surface area contributed by atoms with E-state index in [1.54, 1.807) is 0 Å². The minimum atomic E-state index is -0.558. The minimum absolute atomic E-state index is 0.0497. The van der Waals surface area contributed by atoms with Crippen molar-refractivity contribution in [1.29, 1.82) is 0 Å². The molecule has 1 N–H and O–H groups in total. The van der Waals surface area contributed by atoms with Gasteiger partial charge in [0.2, 0.25) is 5.91 Å². The Kier molecular flexibility index (Phi) is 6.81. The van der Waals surface area contributed by atoms with E-state index < -0.39 is 5.41 Å². The molecule has 0 saturated carbocycles. The summed E-state index contributed by atoms with van der Waals surface area (Å²) >= 11 is 0. The van der Waals surface area contributed by atoms with Crippen molar-refractivity contribution in [2.75, 3.05) is 6.54 Å². The van der Waals surface area contributed by atoms with E-state index >= 15 is 0 Å². The Morgan fingerprint density at radius 1 is 0.656 bits per heavy atom. The predicted molar refractivity (Wildman–Crippen MR) is 132 cm³/mol. The molecule has 1 amide bonds. The maximum Gasteiger partial charge on any atom is 0.221 e. The fraction of sp³-hybridized carbons (Fsp3) is 0.167. The molecule has 2 nitrogen and oxygen atoms in total. The van der Waals surface area contributed by atoms with Gasteiger partial charge in [0.05, 0.1) is 5.41 Å². The maximum absolute atomic E-state index is 13.3. The first-order valence-electron chi connectivity index (χ1n) is 11.2. The van der Waals surface area contributed by atoms with Crippen LogP contribution in [0.3, 0.4) is 0 Å². The van der Waals surface area contributed by atoms with E-state index in [4.69, 9.17) is 0 Å². The Morgan fingerprint density at radius 3 is 1.53 bits per heavy atom. The summed E-state index contributed by atoms with van der Waals surface area (Å²) in [7, 11) is 0. The Bertz CT molecular complexity index is 1020. The fourth-order valence-electron chi connectivity index (χ4n) is 4.38. The van der Waals surface area contributed by atoms with E-state index in [1.165, 1.54) is 11.1 Å². The topological polar surface area (TPSA) is 29.1 Å². The van der Waals surface area contributed by atoms with Crippen LogP contribution in [-0.2, 0) is 16.6 Å². The molecule has 0 aliphatic rings. The molecule has 0 unspecified atom stereocenters. The van der Waals surface area contributed by atoms with Crippen LogP contribution in [0.5, 0.6) is 0 Å². The summed E-state index contributed by atoms with van der Waals surface area (Å²) in [6, 6.07) is 39.6. The van der Waals surface area contributed by atoms with Gasteiger partial charge in [0.1, 0.15) is 0 Å². The monoisotopic (exact) mass is 419 g/mol. The molecule has 4 aromatic rings. The molecule has 0 bridgehead atoms. The van der Waals surface area contributed by atoms with Gasteiger partial charge in [0.15, 0.2) is 0 Å². The summed E-state index contributed by atoms with van der Waals surface area (Å²) in [4.78, 5) is 13.3. The van der Waals surface area contributed by atoms with Crippen LogP contribution in [-0.4, -0.2) is 12.5 Å². The Morgan fingerprint density at radius 2 is 1.09 bits per heavy atom. The summed E-state index contributed by atoms with van der Waals surface area (Å²) in [5, 5.41) is 3.17. The smallest absolute Gasteiger partial charge is 0.221 e. The Balaban J connectivity index is 1.64. The molecule has 0 aliphatic heterocycles. The van der Waals surface area contributed by atoms with E-state index in [-0.39, 0.29) is 5.91 Å². The highest BCUT2D eigenvalue weighted by molar-refractivity contribution is 5.80. The van der Waals surface area contributed by atoms with Gasteiger partial charge in [0, 0.05) is 13.0 Å². The third-order valence-corrected chi connectivity index (χ3v) is 6.08. The molecule has 0 heterocycles. The molecule has 0 fully saturated rings. The summed E-state index contributed by atoms with van der Waals surface area (Å²) < 4.78 is 0. The standard InChI is InChI=1S/C30H29NO/c1-24-17-19-25(20-18-24)21-22-31-29(32)23-30(26-11-5-2-6-12-26,27-13-7-3-8-14-27)28-15-9-4-10-16-28/h2-20H,21-23H2,1H3,(H,31,32). The normalized spacial score (nSPS) is 11.2. The quantitative estimate of drug-likeness (QED) is 0.345. The predicted octanol–water partition coefficient (Wildman–Crippen LogP) is 6.08. The van der Waals surface area contributed by atoms with Crippen molar-refractivity contribution in [3.8, 4) is 0 Å². The van der Waals surface area contributed by atoms with Crippen LogP contribution in [0, 0.1) is 6.92 Å². The molecule has 0 spiro atoms. The van der Waals surface area contributed by atoms with Crippen molar-refractivity contribution in [1.82, 2.24) is 5.32 Å². The van der Waals surface area contributed by atoms with Gasteiger partial charge < -0.3 is 5.32 Å². The number of rotatable bonds is 8. The van der Waals surface area contributed by atoms with Crippen LogP contribution < -0.4 is 5.32 Å². The molecular weight excluding hydrogens is 390 g/mol. The molecule has 160 valence electrons. The average molecular weight is 420 g/mol. The second kappa shape index (κ2) is 10.1.